The van der Waals surface area contributed by atoms with Crippen molar-refractivity contribution in [2.75, 3.05) is 13.1 Å². The summed E-state index contributed by atoms with van der Waals surface area (Å²) in [6.07, 6.45) is 10.8. The maximum Gasteiger partial charge on any atom is 0.238 e. The molecule has 0 aromatic carbocycles. The maximum absolute atomic E-state index is 12.8. The normalized spacial score (nSPS) is 25.1. The molecule has 1 N–H and O–H groups in total. The first-order valence-electron chi connectivity index (χ1n) is 9.51. The molecule has 2 atom stereocenters. The Morgan fingerprint density at radius 3 is 2.80 bits per heavy atom. The number of rotatable bonds is 4. The Labute approximate surface area is 150 Å². The van der Waals surface area contributed by atoms with Gasteiger partial charge >= 0.3 is 0 Å². The summed E-state index contributed by atoms with van der Waals surface area (Å²) in [7, 11) is 0. The van der Waals surface area contributed by atoms with Crippen LogP contribution in [0.25, 0.3) is 0 Å². The summed E-state index contributed by atoms with van der Waals surface area (Å²) in [5.74, 6) is 1.01. The maximum atomic E-state index is 12.8. The first-order valence-corrected chi connectivity index (χ1v) is 9.51. The van der Waals surface area contributed by atoms with E-state index in [1.807, 2.05) is 26.2 Å². The topological polar surface area (TPSA) is 74.0 Å². The Morgan fingerprint density at radius 2 is 2.16 bits per heavy atom. The third-order valence-corrected chi connectivity index (χ3v) is 5.89. The molecule has 1 aliphatic heterocycles. The van der Waals surface area contributed by atoms with E-state index in [0.717, 1.165) is 63.9 Å². The van der Waals surface area contributed by atoms with Gasteiger partial charge in [-0.05, 0) is 46.1 Å². The standard InChI is InChI=1S/C19H29N5O/c1-15(18(25)22-19(14-20)8-4-3-5-9-19)23-11-6-7-17(13-23)24-12-10-21-16(24)2/h10,12,15,17H,3-9,11,13H2,1-2H3,(H,22,25)/t15-,17-/m1/s1. The predicted octanol–water partition coefficient (Wildman–Crippen LogP) is 2.56. The number of nitrogens with one attached hydrogen (secondary N) is 1. The van der Waals surface area contributed by atoms with Gasteiger partial charge in [-0.25, -0.2) is 4.98 Å². The van der Waals surface area contributed by atoms with E-state index in [1.54, 1.807) is 0 Å². The molecule has 1 amide bonds. The molecule has 6 heteroatoms. The fourth-order valence-corrected chi connectivity index (χ4v) is 4.26. The van der Waals surface area contributed by atoms with Crippen LogP contribution in [0.4, 0.5) is 0 Å². The largest absolute Gasteiger partial charge is 0.336 e. The molecule has 0 radical (unpaired) electrons. The van der Waals surface area contributed by atoms with Crippen LogP contribution >= 0.6 is 0 Å². The van der Waals surface area contributed by atoms with E-state index in [2.05, 4.69) is 25.8 Å². The van der Waals surface area contributed by atoms with E-state index in [-0.39, 0.29) is 11.9 Å². The molecular weight excluding hydrogens is 314 g/mol. The SMILES string of the molecule is Cc1nccn1[C@@H]1CCCN([C@H](C)C(=O)NC2(C#N)CCCCC2)C1. The number of piperidine rings is 1. The molecule has 0 unspecified atom stereocenters. The lowest BCUT2D eigenvalue weighted by molar-refractivity contribution is -0.128. The zero-order chi connectivity index (χ0) is 17.9. The van der Waals surface area contributed by atoms with E-state index >= 15 is 0 Å². The third-order valence-electron chi connectivity index (χ3n) is 5.89. The van der Waals surface area contributed by atoms with Crippen LogP contribution < -0.4 is 5.32 Å². The highest BCUT2D eigenvalue weighted by molar-refractivity contribution is 5.82. The van der Waals surface area contributed by atoms with Gasteiger partial charge in [0.15, 0.2) is 0 Å². The minimum absolute atomic E-state index is 0.00791. The quantitative estimate of drug-likeness (QED) is 0.912. The molecule has 2 heterocycles. The molecule has 3 rings (SSSR count). The number of aryl methyl sites for hydroxylation is 1. The van der Waals surface area contributed by atoms with Crippen LogP contribution in [0.2, 0.25) is 0 Å². The minimum atomic E-state index is -0.653. The molecule has 1 aliphatic carbocycles. The van der Waals surface area contributed by atoms with Crippen LogP contribution in [-0.2, 0) is 4.79 Å². The van der Waals surface area contributed by atoms with Gasteiger partial charge in [0.05, 0.1) is 12.1 Å². The minimum Gasteiger partial charge on any atom is -0.336 e. The van der Waals surface area contributed by atoms with Crippen molar-refractivity contribution >= 4 is 5.91 Å². The van der Waals surface area contributed by atoms with Crippen molar-refractivity contribution in [1.29, 1.82) is 5.26 Å². The highest BCUT2D eigenvalue weighted by atomic mass is 16.2. The van der Waals surface area contributed by atoms with Crippen LogP contribution in [-0.4, -0.2) is 45.0 Å². The van der Waals surface area contributed by atoms with Gasteiger partial charge < -0.3 is 9.88 Å². The fourth-order valence-electron chi connectivity index (χ4n) is 4.26. The van der Waals surface area contributed by atoms with Crippen LogP contribution in [0.1, 0.15) is 63.7 Å². The highest BCUT2D eigenvalue weighted by Gasteiger charge is 2.36. The van der Waals surface area contributed by atoms with Gasteiger partial charge in [-0.1, -0.05) is 19.3 Å². The first kappa shape index (κ1) is 17.9. The monoisotopic (exact) mass is 343 g/mol. The number of carbonyl (C=O) groups excluding carboxylic acids is 1. The first-order chi connectivity index (χ1) is 12.0. The number of hydrogen-bond acceptors (Lipinski definition) is 4. The summed E-state index contributed by atoms with van der Waals surface area (Å²) in [6.45, 7) is 5.77. The molecule has 2 aliphatic rings. The third kappa shape index (κ3) is 3.87. The van der Waals surface area contributed by atoms with Crippen molar-refractivity contribution < 1.29 is 4.79 Å². The summed E-state index contributed by atoms with van der Waals surface area (Å²) in [6, 6.07) is 2.54. The Kier molecular flexibility index (Phi) is 5.43. The fraction of sp³-hybridized carbons (Fsp3) is 0.737. The van der Waals surface area contributed by atoms with Gasteiger partial charge in [-0.2, -0.15) is 5.26 Å². The lowest BCUT2D eigenvalue weighted by Gasteiger charge is -2.39. The average molecular weight is 343 g/mol. The number of amides is 1. The summed E-state index contributed by atoms with van der Waals surface area (Å²) in [5, 5.41) is 12.7. The zero-order valence-corrected chi connectivity index (χ0v) is 15.4. The van der Waals surface area contributed by atoms with Crippen molar-refractivity contribution in [3.8, 4) is 6.07 Å². The van der Waals surface area contributed by atoms with Crippen molar-refractivity contribution in [2.24, 2.45) is 0 Å². The molecule has 1 saturated carbocycles. The summed E-state index contributed by atoms with van der Waals surface area (Å²) in [5.41, 5.74) is -0.653. The van der Waals surface area contributed by atoms with Crippen molar-refractivity contribution in [2.45, 2.75) is 76.4 Å². The Hall–Kier alpha value is -1.87. The number of nitrogens with zero attached hydrogens (tertiary/aromatic N) is 4. The Morgan fingerprint density at radius 1 is 1.40 bits per heavy atom. The van der Waals surface area contributed by atoms with E-state index in [0.29, 0.717) is 6.04 Å². The molecule has 25 heavy (non-hydrogen) atoms. The van der Waals surface area contributed by atoms with E-state index in [9.17, 15) is 10.1 Å². The van der Waals surface area contributed by atoms with E-state index in [4.69, 9.17) is 0 Å². The smallest absolute Gasteiger partial charge is 0.238 e. The highest BCUT2D eigenvalue weighted by Crippen LogP contribution is 2.28. The second kappa shape index (κ2) is 7.57. The molecule has 1 saturated heterocycles. The van der Waals surface area contributed by atoms with Crippen LogP contribution in [0, 0.1) is 18.3 Å². The molecule has 1 aromatic rings. The van der Waals surface area contributed by atoms with Crippen molar-refractivity contribution in [1.82, 2.24) is 19.8 Å². The predicted molar refractivity (Wildman–Crippen MR) is 95.8 cm³/mol. The van der Waals surface area contributed by atoms with Gasteiger partial charge in [-0.15, -0.1) is 0 Å². The molecule has 1 aromatic heterocycles. The van der Waals surface area contributed by atoms with Gasteiger partial charge in [0, 0.05) is 25.0 Å². The lowest BCUT2D eigenvalue weighted by atomic mass is 9.82. The summed E-state index contributed by atoms with van der Waals surface area (Å²) in [4.78, 5) is 19.4. The van der Waals surface area contributed by atoms with E-state index < -0.39 is 5.54 Å². The zero-order valence-electron chi connectivity index (χ0n) is 15.4. The average Bonchev–Trinajstić information content (AvgIpc) is 3.08. The Bertz CT molecular complexity index is 640. The summed E-state index contributed by atoms with van der Waals surface area (Å²) < 4.78 is 2.22. The number of carbonyl (C=O) groups is 1. The Balaban J connectivity index is 1.63. The van der Waals surface area contributed by atoms with Crippen LogP contribution in [0.5, 0.6) is 0 Å². The molecule has 6 nitrogen and oxygen atoms in total. The number of nitriles is 1. The van der Waals surface area contributed by atoms with Crippen molar-refractivity contribution in [3.63, 3.8) is 0 Å². The number of aromatic nitrogens is 2. The van der Waals surface area contributed by atoms with Gasteiger partial charge in [0.25, 0.3) is 0 Å². The molecular formula is C19H29N5O. The number of likely N-dealkylation sites (tertiary alicyclic amines) is 1. The second-order valence-corrected chi connectivity index (χ2v) is 7.59. The number of hydrogen-bond donors (Lipinski definition) is 1. The van der Waals surface area contributed by atoms with Gasteiger partial charge in [-0.3, -0.25) is 9.69 Å². The van der Waals surface area contributed by atoms with Crippen LogP contribution in [0.3, 0.4) is 0 Å². The van der Waals surface area contributed by atoms with Gasteiger partial charge in [0.2, 0.25) is 5.91 Å². The van der Waals surface area contributed by atoms with Crippen LogP contribution in [0.15, 0.2) is 12.4 Å². The molecule has 2 fully saturated rings. The van der Waals surface area contributed by atoms with E-state index in [1.165, 1.54) is 0 Å². The van der Waals surface area contributed by atoms with Gasteiger partial charge in [0.1, 0.15) is 11.4 Å². The lowest BCUT2D eigenvalue weighted by Crippen LogP contribution is -2.56. The number of imidazole rings is 1. The molecule has 0 spiro atoms. The summed E-state index contributed by atoms with van der Waals surface area (Å²) >= 11 is 0. The second-order valence-electron chi connectivity index (χ2n) is 7.59. The molecule has 136 valence electrons. The van der Waals surface area contributed by atoms with Crippen molar-refractivity contribution in [3.05, 3.63) is 18.2 Å². The molecule has 0 bridgehead atoms.